The molecule has 2 heterocycles. The molecule has 0 bridgehead atoms. The molecule has 112 valence electrons. The quantitative estimate of drug-likeness (QED) is 0.577. The van der Waals surface area contributed by atoms with E-state index in [-0.39, 0.29) is 30.0 Å². The van der Waals surface area contributed by atoms with Crippen LogP contribution in [0.2, 0.25) is 0 Å². The van der Waals surface area contributed by atoms with Gasteiger partial charge in [-0.3, -0.25) is 9.69 Å². The first-order chi connectivity index (χ1) is 9.52. The van der Waals surface area contributed by atoms with Crippen molar-refractivity contribution < 1.29 is 19.1 Å². The molecule has 0 spiro atoms. The van der Waals surface area contributed by atoms with Crippen molar-refractivity contribution in [3.05, 3.63) is 11.6 Å². The first kappa shape index (κ1) is 15.0. The summed E-state index contributed by atoms with van der Waals surface area (Å²) in [6.07, 6.45) is 3.54. The minimum atomic E-state index is -0.250. The van der Waals surface area contributed by atoms with Crippen LogP contribution in [0.1, 0.15) is 33.6 Å². The average molecular weight is 281 g/mol. The highest BCUT2D eigenvalue weighted by Crippen LogP contribution is 2.35. The van der Waals surface area contributed by atoms with E-state index >= 15 is 0 Å². The van der Waals surface area contributed by atoms with Crippen LogP contribution in [0.5, 0.6) is 0 Å². The fraction of sp³-hybridized carbons (Fsp3) is 0.733. The van der Waals surface area contributed by atoms with Crippen LogP contribution in [0.4, 0.5) is 0 Å². The number of allylic oxidation sites excluding steroid dienone is 1. The van der Waals surface area contributed by atoms with Gasteiger partial charge in [-0.15, -0.1) is 0 Å². The van der Waals surface area contributed by atoms with Crippen LogP contribution >= 0.6 is 0 Å². The summed E-state index contributed by atoms with van der Waals surface area (Å²) in [5.74, 6) is -0.220. The molecule has 0 amide bonds. The van der Waals surface area contributed by atoms with Crippen molar-refractivity contribution in [2.24, 2.45) is 5.92 Å². The number of fused-ring (bicyclic) bond motifs is 1. The van der Waals surface area contributed by atoms with Crippen molar-refractivity contribution in [2.75, 3.05) is 19.7 Å². The van der Waals surface area contributed by atoms with Crippen molar-refractivity contribution in [1.29, 1.82) is 0 Å². The van der Waals surface area contributed by atoms with E-state index in [0.717, 1.165) is 25.9 Å². The molecule has 0 aromatic rings. The van der Waals surface area contributed by atoms with Crippen LogP contribution in [-0.4, -0.2) is 48.7 Å². The summed E-state index contributed by atoms with van der Waals surface area (Å²) in [5.41, 5.74) is 0.637. The Morgan fingerprint density at radius 1 is 1.25 bits per heavy atom. The smallest absolute Gasteiger partial charge is 0.333 e. The Labute approximate surface area is 119 Å². The molecule has 0 aromatic heterocycles. The Kier molecular flexibility index (Phi) is 4.81. The molecular formula is C15H23NO4. The maximum absolute atomic E-state index is 11.9. The lowest BCUT2D eigenvalue weighted by atomic mass is 9.97. The van der Waals surface area contributed by atoms with Gasteiger partial charge in [0.05, 0.1) is 12.6 Å². The zero-order valence-electron chi connectivity index (χ0n) is 12.4. The standard InChI is InChI=1S/C15H23NO4/c1-4-10(2)15(18)20-13-6-8-16-7-5-12(14(13)16)9-19-11(3)17/h4,12-14H,5-9H2,1-3H3/b10-4-/t12-,13-,14-/m1/s1. The Hall–Kier alpha value is -1.36. The summed E-state index contributed by atoms with van der Waals surface area (Å²) >= 11 is 0. The SMILES string of the molecule is C/C=C(/C)C(=O)O[C@@H]1CCN2CC[C@H](COC(C)=O)[C@H]12. The van der Waals surface area contributed by atoms with Crippen LogP contribution in [-0.2, 0) is 19.1 Å². The zero-order valence-corrected chi connectivity index (χ0v) is 12.4. The minimum Gasteiger partial charge on any atom is -0.466 e. The third kappa shape index (κ3) is 3.20. The molecule has 2 aliphatic rings. The highest BCUT2D eigenvalue weighted by atomic mass is 16.5. The largest absolute Gasteiger partial charge is 0.466 e. The predicted octanol–water partition coefficient (Wildman–Crippen LogP) is 1.52. The van der Waals surface area contributed by atoms with E-state index < -0.39 is 0 Å². The van der Waals surface area contributed by atoms with Crippen LogP contribution in [0.25, 0.3) is 0 Å². The van der Waals surface area contributed by atoms with Crippen LogP contribution in [0.3, 0.4) is 0 Å². The van der Waals surface area contributed by atoms with Gasteiger partial charge in [0.25, 0.3) is 0 Å². The highest BCUT2D eigenvalue weighted by Gasteiger charge is 2.46. The van der Waals surface area contributed by atoms with Gasteiger partial charge in [0, 0.05) is 25.0 Å². The van der Waals surface area contributed by atoms with Gasteiger partial charge in [-0.2, -0.15) is 0 Å². The molecule has 0 N–H and O–H groups in total. The van der Waals surface area contributed by atoms with E-state index in [0.29, 0.717) is 12.2 Å². The molecular weight excluding hydrogens is 258 g/mol. The minimum absolute atomic E-state index is 0.0829. The molecule has 2 aliphatic heterocycles. The monoisotopic (exact) mass is 281 g/mol. The normalized spacial score (nSPS) is 30.1. The van der Waals surface area contributed by atoms with Gasteiger partial charge in [-0.05, 0) is 33.2 Å². The molecule has 0 unspecified atom stereocenters. The van der Waals surface area contributed by atoms with Crippen molar-refractivity contribution in [1.82, 2.24) is 4.90 Å². The maximum atomic E-state index is 11.9. The Balaban J connectivity index is 1.97. The molecule has 0 saturated carbocycles. The van der Waals surface area contributed by atoms with Crippen molar-refractivity contribution in [2.45, 2.75) is 45.8 Å². The van der Waals surface area contributed by atoms with E-state index in [2.05, 4.69) is 4.90 Å². The van der Waals surface area contributed by atoms with Gasteiger partial charge in [-0.1, -0.05) is 6.08 Å². The lowest BCUT2D eigenvalue weighted by molar-refractivity contribution is -0.148. The summed E-state index contributed by atoms with van der Waals surface area (Å²) < 4.78 is 10.8. The summed E-state index contributed by atoms with van der Waals surface area (Å²) in [7, 11) is 0. The van der Waals surface area contributed by atoms with E-state index in [4.69, 9.17) is 9.47 Å². The van der Waals surface area contributed by atoms with Gasteiger partial charge in [0.2, 0.25) is 0 Å². The van der Waals surface area contributed by atoms with Crippen LogP contribution in [0, 0.1) is 5.92 Å². The molecule has 2 rings (SSSR count). The topological polar surface area (TPSA) is 55.8 Å². The van der Waals surface area contributed by atoms with Gasteiger partial charge in [0.15, 0.2) is 0 Å². The molecule has 20 heavy (non-hydrogen) atoms. The van der Waals surface area contributed by atoms with E-state index in [9.17, 15) is 9.59 Å². The van der Waals surface area contributed by atoms with E-state index in [1.807, 2.05) is 6.92 Å². The van der Waals surface area contributed by atoms with Crippen molar-refractivity contribution >= 4 is 11.9 Å². The third-order valence-electron chi connectivity index (χ3n) is 4.29. The maximum Gasteiger partial charge on any atom is 0.333 e. The fourth-order valence-corrected chi connectivity index (χ4v) is 3.10. The second kappa shape index (κ2) is 6.39. The number of ether oxygens (including phenoxy) is 2. The molecule has 2 saturated heterocycles. The molecule has 2 fully saturated rings. The van der Waals surface area contributed by atoms with Gasteiger partial charge < -0.3 is 9.47 Å². The second-order valence-electron chi connectivity index (χ2n) is 5.58. The molecule has 0 aromatic carbocycles. The number of nitrogens with zero attached hydrogens (tertiary/aromatic N) is 1. The molecule has 3 atom stereocenters. The predicted molar refractivity (Wildman–Crippen MR) is 74.0 cm³/mol. The lowest BCUT2D eigenvalue weighted by Crippen LogP contribution is -2.38. The first-order valence-electron chi connectivity index (χ1n) is 7.24. The Morgan fingerprint density at radius 2 is 1.95 bits per heavy atom. The molecule has 0 aliphatic carbocycles. The number of esters is 2. The summed E-state index contributed by atoms with van der Waals surface area (Å²) in [6.45, 7) is 7.39. The van der Waals surface area contributed by atoms with Gasteiger partial charge in [-0.25, -0.2) is 4.79 Å². The lowest BCUT2D eigenvalue weighted by Gasteiger charge is -2.26. The van der Waals surface area contributed by atoms with Crippen LogP contribution < -0.4 is 0 Å². The first-order valence-corrected chi connectivity index (χ1v) is 7.24. The molecule has 5 nitrogen and oxygen atoms in total. The molecule has 5 heteroatoms. The highest BCUT2D eigenvalue weighted by molar-refractivity contribution is 5.87. The van der Waals surface area contributed by atoms with Crippen molar-refractivity contribution in [3.8, 4) is 0 Å². The zero-order chi connectivity index (χ0) is 14.7. The second-order valence-corrected chi connectivity index (χ2v) is 5.58. The summed E-state index contributed by atoms with van der Waals surface area (Å²) in [6, 6.07) is 0.197. The Bertz CT molecular complexity index is 418. The summed E-state index contributed by atoms with van der Waals surface area (Å²) in [4.78, 5) is 25.2. The Morgan fingerprint density at radius 3 is 2.60 bits per heavy atom. The number of carbonyl (C=O) groups is 2. The number of hydrogen-bond donors (Lipinski definition) is 0. The summed E-state index contributed by atoms with van der Waals surface area (Å²) in [5, 5.41) is 0. The van der Waals surface area contributed by atoms with Crippen LogP contribution in [0.15, 0.2) is 11.6 Å². The fourth-order valence-electron chi connectivity index (χ4n) is 3.10. The van der Waals surface area contributed by atoms with E-state index in [1.54, 1.807) is 13.0 Å². The number of hydrogen-bond acceptors (Lipinski definition) is 5. The third-order valence-corrected chi connectivity index (χ3v) is 4.29. The van der Waals surface area contributed by atoms with Crippen molar-refractivity contribution in [3.63, 3.8) is 0 Å². The number of carbonyl (C=O) groups excluding carboxylic acids is 2. The van der Waals surface area contributed by atoms with Gasteiger partial charge >= 0.3 is 11.9 Å². The molecule has 0 radical (unpaired) electrons. The van der Waals surface area contributed by atoms with Gasteiger partial charge in [0.1, 0.15) is 6.10 Å². The number of rotatable bonds is 4. The average Bonchev–Trinajstić information content (AvgIpc) is 2.98. The van der Waals surface area contributed by atoms with E-state index in [1.165, 1.54) is 6.92 Å².